The van der Waals surface area contributed by atoms with E-state index >= 15 is 0 Å². The largest absolute Gasteiger partial charge is 0.481 e. The molecule has 0 N–H and O–H groups in total. The number of benzene rings is 1. The predicted octanol–water partition coefficient (Wildman–Crippen LogP) is 2.85. The number of carbonyl (C=O) groups is 1. The molecular weight excluding hydrogens is 245 g/mol. The molecule has 0 atom stereocenters. The monoisotopic (exact) mass is 265 g/mol. The number of hydrogen-bond acceptors (Lipinski definition) is 2. The molecule has 2 rings (SSSR count). The van der Waals surface area contributed by atoms with E-state index in [1.165, 1.54) is 25.0 Å². The number of para-hydroxylation sites is 1. The Bertz CT molecular complexity index is 432. The molecule has 104 valence electrons. The Kier molecular flexibility index (Phi) is 4.77. The number of rotatable bonds is 7. The first kappa shape index (κ1) is 13.8. The van der Waals surface area contributed by atoms with Crippen LogP contribution in [0.2, 0.25) is 0 Å². The lowest BCUT2D eigenvalue weighted by Gasteiger charge is -2.22. The molecule has 0 spiro atoms. The van der Waals surface area contributed by atoms with Crippen LogP contribution in [0.5, 0.6) is 5.75 Å². The van der Waals surface area contributed by atoms with Gasteiger partial charge in [-0.3, -0.25) is 4.79 Å². The van der Waals surface area contributed by atoms with Crippen LogP contribution in [0.25, 0.3) is 0 Å². The fourth-order valence-corrected chi connectivity index (χ4v) is 1.99. The highest BCUT2D eigenvalue weighted by molar-refractivity contribution is 5.77. The topological polar surface area (TPSA) is 29.5 Å². The summed E-state index contributed by atoms with van der Waals surface area (Å²) in [7, 11) is 0. The molecule has 0 unspecified atom stereocenters. The average Bonchev–Trinajstić information content (AvgIpc) is 3.21. The van der Waals surface area contributed by atoms with Crippen LogP contribution < -0.4 is 4.74 Å². The summed E-state index contributed by atoms with van der Waals surface area (Å²) in [5, 5.41) is 0. The highest BCUT2D eigenvalue weighted by atomic mass is 19.1. The first-order chi connectivity index (χ1) is 9.20. The zero-order chi connectivity index (χ0) is 13.7. The van der Waals surface area contributed by atoms with Crippen molar-refractivity contribution in [3.8, 4) is 5.75 Å². The van der Waals surface area contributed by atoms with E-state index in [0.29, 0.717) is 5.92 Å². The van der Waals surface area contributed by atoms with Crippen LogP contribution in [0, 0.1) is 11.7 Å². The summed E-state index contributed by atoms with van der Waals surface area (Å²) in [4.78, 5) is 13.9. The second-order valence-corrected chi connectivity index (χ2v) is 5.00. The van der Waals surface area contributed by atoms with Crippen LogP contribution in [-0.4, -0.2) is 30.5 Å². The van der Waals surface area contributed by atoms with Crippen molar-refractivity contribution in [1.82, 2.24) is 4.90 Å². The summed E-state index contributed by atoms with van der Waals surface area (Å²) in [6, 6.07) is 6.15. The molecule has 1 saturated carbocycles. The third-order valence-electron chi connectivity index (χ3n) is 3.21. The van der Waals surface area contributed by atoms with E-state index in [9.17, 15) is 9.18 Å². The molecule has 0 radical (unpaired) electrons. The van der Waals surface area contributed by atoms with Gasteiger partial charge in [0.1, 0.15) is 0 Å². The van der Waals surface area contributed by atoms with E-state index in [-0.39, 0.29) is 18.3 Å². The Balaban J connectivity index is 1.85. The molecule has 0 aliphatic heterocycles. The summed E-state index contributed by atoms with van der Waals surface area (Å²) in [6.07, 6.45) is 3.35. The number of nitrogens with zero attached hydrogens (tertiary/aromatic N) is 1. The summed E-state index contributed by atoms with van der Waals surface area (Å²) in [5.74, 6) is 0.305. The van der Waals surface area contributed by atoms with Crippen molar-refractivity contribution in [2.45, 2.75) is 26.2 Å². The standard InChI is InChI=1S/C15H20FNO2/c1-2-9-17(10-12-7-8-12)15(18)11-19-14-6-4-3-5-13(14)16/h3-6,12H,2,7-11H2,1H3. The van der Waals surface area contributed by atoms with E-state index in [1.54, 1.807) is 12.1 Å². The van der Waals surface area contributed by atoms with Crippen molar-refractivity contribution < 1.29 is 13.9 Å². The van der Waals surface area contributed by atoms with E-state index < -0.39 is 5.82 Å². The fraction of sp³-hybridized carbons (Fsp3) is 0.533. The second kappa shape index (κ2) is 6.55. The van der Waals surface area contributed by atoms with Gasteiger partial charge >= 0.3 is 0 Å². The molecule has 1 aliphatic rings. The fourth-order valence-electron chi connectivity index (χ4n) is 1.99. The van der Waals surface area contributed by atoms with E-state index in [0.717, 1.165) is 19.5 Å². The summed E-state index contributed by atoms with van der Waals surface area (Å²) in [5.41, 5.74) is 0. The first-order valence-electron chi connectivity index (χ1n) is 6.85. The van der Waals surface area contributed by atoms with Gasteiger partial charge in [-0.15, -0.1) is 0 Å². The lowest BCUT2D eigenvalue weighted by Crippen LogP contribution is -2.37. The van der Waals surface area contributed by atoms with E-state index in [1.807, 2.05) is 11.8 Å². The third-order valence-corrected chi connectivity index (χ3v) is 3.21. The molecule has 4 heteroatoms. The van der Waals surface area contributed by atoms with Crippen molar-refractivity contribution in [3.63, 3.8) is 0 Å². The van der Waals surface area contributed by atoms with Crippen molar-refractivity contribution in [1.29, 1.82) is 0 Å². The highest BCUT2D eigenvalue weighted by Crippen LogP contribution is 2.29. The quantitative estimate of drug-likeness (QED) is 0.758. The summed E-state index contributed by atoms with van der Waals surface area (Å²) >= 11 is 0. The predicted molar refractivity (Wildman–Crippen MR) is 71.5 cm³/mol. The Labute approximate surface area is 113 Å². The SMILES string of the molecule is CCCN(CC1CC1)C(=O)COc1ccccc1F. The molecule has 19 heavy (non-hydrogen) atoms. The highest BCUT2D eigenvalue weighted by Gasteiger charge is 2.26. The zero-order valence-electron chi connectivity index (χ0n) is 11.3. The molecule has 0 aromatic heterocycles. The minimum atomic E-state index is -0.431. The molecule has 3 nitrogen and oxygen atoms in total. The van der Waals surface area contributed by atoms with Crippen molar-refractivity contribution in [2.75, 3.05) is 19.7 Å². The first-order valence-corrected chi connectivity index (χ1v) is 6.85. The molecule has 1 aromatic carbocycles. The second-order valence-electron chi connectivity index (χ2n) is 5.00. The molecule has 1 amide bonds. The number of amides is 1. The van der Waals surface area contributed by atoms with Gasteiger partial charge in [0, 0.05) is 13.1 Å². The van der Waals surface area contributed by atoms with Gasteiger partial charge in [-0.2, -0.15) is 0 Å². The van der Waals surface area contributed by atoms with Crippen LogP contribution in [0.15, 0.2) is 24.3 Å². The Hall–Kier alpha value is -1.58. The van der Waals surface area contributed by atoms with Gasteiger partial charge in [-0.05, 0) is 37.3 Å². The van der Waals surface area contributed by atoms with Crippen LogP contribution in [0.4, 0.5) is 4.39 Å². The molecule has 0 heterocycles. The average molecular weight is 265 g/mol. The Morgan fingerprint density at radius 3 is 2.79 bits per heavy atom. The Morgan fingerprint density at radius 2 is 2.16 bits per heavy atom. The van der Waals surface area contributed by atoms with Crippen LogP contribution in [0.1, 0.15) is 26.2 Å². The van der Waals surface area contributed by atoms with Crippen LogP contribution >= 0.6 is 0 Å². The summed E-state index contributed by atoms with van der Waals surface area (Å²) < 4.78 is 18.6. The van der Waals surface area contributed by atoms with Gasteiger partial charge in [0.05, 0.1) is 0 Å². The van der Waals surface area contributed by atoms with Crippen molar-refractivity contribution in [2.24, 2.45) is 5.92 Å². The maximum absolute atomic E-state index is 13.4. The van der Waals surface area contributed by atoms with Gasteiger partial charge in [-0.1, -0.05) is 19.1 Å². The molecule has 0 bridgehead atoms. The molecular formula is C15H20FNO2. The normalized spacial score (nSPS) is 14.2. The maximum atomic E-state index is 13.4. The van der Waals surface area contributed by atoms with Crippen molar-refractivity contribution >= 4 is 5.91 Å². The lowest BCUT2D eigenvalue weighted by atomic mass is 10.3. The van der Waals surface area contributed by atoms with Crippen LogP contribution in [-0.2, 0) is 4.79 Å². The molecule has 1 aliphatic carbocycles. The molecule has 0 saturated heterocycles. The van der Waals surface area contributed by atoms with Gasteiger partial charge in [0.15, 0.2) is 18.2 Å². The van der Waals surface area contributed by atoms with E-state index in [4.69, 9.17) is 4.74 Å². The lowest BCUT2D eigenvalue weighted by molar-refractivity contribution is -0.133. The van der Waals surface area contributed by atoms with E-state index in [2.05, 4.69) is 0 Å². The number of halogens is 1. The van der Waals surface area contributed by atoms with Gasteiger partial charge in [0.2, 0.25) is 0 Å². The Morgan fingerprint density at radius 1 is 1.42 bits per heavy atom. The van der Waals surface area contributed by atoms with Crippen LogP contribution in [0.3, 0.4) is 0 Å². The van der Waals surface area contributed by atoms with Gasteiger partial charge in [0.25, 0.3) is 5.91 Å². The zero-order valence-corrected chi connectivity index (χ0v) is 11.3. The molecule has 1 fully saturated rings. The number of hydrogen-bond donors (Lipinski definition) is 0. The van der Waals surface area contributed by atoms with Gasteiger partial charge in [-0.25, -0.2) is 4.39 Å². The number of ether oxygens (including phenoxy) is 1. The maximum Gasteiger partial charge on any atom is 0.260 e. The van der Waals surface area contributed by atoms with Crippen molar-refractivity contribution in [3.05, 3.63) is 30.1 Å². The summed E-state index contributed by atoms with van der Waals surface area (Å²) in [6.45, 7) is 3.52. The van der Waals surface area contributed by atoms with Gasteiger partial charge < -0.3 is 9.64 Å². The smallest absolute Gasteiger partial charge is 0.260 e. The molecule has 1 aromatic rings. The number of carbonyl (C=O) groups excluding carboxylic acids is 1. The minimum absolute atomic E-state index is 0.0583. The third kappa shape index (κ3) is 4.23. The minimum Gasteiger partial charge on any atom is -0.481 e.